The Kier molecular flexibility index (Phi) is 6.69. The summed E-state index contributed by atoms with van der Waals surface area (Å²) >= 11 is 0. The van der Waals surface area contributed by atoms with E-state index in [0.717, 1.165) is 5.56 Å². The Labute approximate surface area is 190 Å². The van der Waals surface area contributed by atoms with Crippen LogP contribution in [0.4, 0.5) is 10.1 Å². The number of hydrogen-bond acceptors (Lipinski definition) is 6. The summed E-state index contributed by atoms with van der Waals surface area (Å²) in [4.78, 5) is 27.4. The van der Waals surface area contributed by atoms with Gasteiger partial charge in [-0.05, 0) is 36.8 Å². The van der Waals surface area contributed by atoms with Crippen LogP contribution >= 0.6 is 0 Å². The molecule has 1 saturated heterocycles. The van der Waals surface area contributed by atoms with E-state index in [1.54, 1.807) is 48.2 Å². The largest absolute Gasteiger partial charge is 0.479 e. The van der Waals surface area contributed by atoms with Gasteiger partial charge in [0, 0.05) is 44.4 Å². The summed E-state index contributed by atoms with van der Waals surface area (Å²) in [7, 11) is 0. The fourth-order valence-electron chi connectivity index (χ4n) is 3.74. The van der Waals surface area contributed by atoms with E-state index in [1.165, 1.54) is 12.1 Å². The molecule has 172 valence electrons. The van der Waals surface area contributed by atoms with Gasteiger partial charge in [0.1, 0.15) is 18.2 Å². The van der Waals surface area contributed by atoms with Gasteiger partial charge in [-0.3, -0.25) is 19.8 Å². The molecule has 1 amide bonds. The Hall–Kier alpha value is -3.72. The van der Waals surface area contributed by atoms with Gasteiger partial charge in [-0.2, -0.15) is 0 Å². The number of nitrogens with zero attached hydrogens (tertiary/aromatic N) is 3. The van der Waals surface area contributed by atoms with Crippen molar-refractivity contribution < 1.29 is 23.3 Å². The summed E-state index contributed by atoms with van der Waals surface area (Å²) in [5.74, 6) is 0.271. The molecule has 0 spiro atoms. The molecule has 1 aliphatic heterocycles. The minimum absolute atomic E-state index is 0.0341. The zero-order valence-corrected chi connectivity index (χ0v) is 18.2. The summed E-state index contributed by atoms with van der Waals surface area (Å²) in [6, 6.07) is 14.6. The number of aryl methyl sites for hydroxylation is 1. The molecule has 3 aromatic rings. The van der Waals surface area contributed by atoms with Crippen LogP contribution in [0.25, 0.3) is 0 Å². The number of carbonyl (C=O) groups is 1. The zero-order valence-electron chi connectivity index (χ0n) is 18.2. The first-order valence-corrected chi connectivity index (χ1v) is 10.6. The number of benzene rings is 2. The fourth-order valence-corrected chi connectivity index (χ4v) is 3.74. The van der Waals surface area contributed by atoms with E-state index in [0.29, 0.717) is 44.0 Å². The molecule has 0 bridgehead atoms. The van der Waals surface area contributed by atoms with Crippen LogP contribution in [0.1, 0.15) is 27.4 Å². The lowest BCUT2D eigenvalue weighted by Crippen LogP contribution is -2.48. The quantitative estimate of drug-likeness (QED) is 0.394. The van der Waals surface area contributed by atoms with Crippen molar-refractivity contribution in [3.05, 3.63) is 93.2 Å². The van der Waals surface area contributed by atoms with E-state index < -0.39 is 4.92 Å². The number of nitro groups is 1. The number of furan rings is 1. The normalized spacial score (nSPS) is 14.3. The average Bonchev–Trinajstić information content (AvgIpc) is 3.29. The number of nitro benzene ring substituents is 1. The van der Waals surface area contributed by atoms with Gasteiger partial charge in [0.15, 0.2) is 11.5 Å². The van der Waals surface area contributed by atoms with Gasteiger partial charge < -0.3 is 14.1 Å². The maximum absolute atomic E-state index is 13.9. The number of rotatable bonds is 7. The van der Waals surface area contributed by atoms with E-state index in [1.807, 2.05) is 6.07 Å². The number of carbonyl (C=O) groups excluding carboxylic acids is 1. The standard InChI is InChI=1S/C24H24FN3O5/c1-17-6-8-22(21(14-17)28(30)31)32-16-19-7-9-23(33-19)24(29)27-12-10-26(11-13-27)15-18-4-2-3-5-20(18)25/h2-9,14H,10-13,15-16H2,1H3. The minimum Gasteiger partial charge on any atom is -0.479 e. The summed E-state index contributed by atoms with van der Waals surface area (Å²) in [5, 5.41) is 11.2. The van der Waals surface area contributed by atoms with Crippen molar-refractivity contribution >= 4 is 11.6 Å². The predicted octanol–water partition coefficient (Wildman–Crippen LogP) is 4.17. The van der Waals surface area contributed by atoms with Crippen LogP contribution in [0.5, 0.6) is 5.75 Å². The lowest BCUT2D eigenvalue weighted by atomic mass is 10.2. The summed E-state index contributed by atoms with van der Waals surface area (Å²) in [6.45, 7) is 4.52. The Morgan fingerprint density at radius 1 is 1.12 bits per heavy atom. The van der Waals surface area contributed by atoms with E-state index in [2.05, 4.69) is 4.90 Å². The first-order chi connectivity index (χ1) is 15.9. The molecule has 8 nitrogen and oxygen atoms in total. The highest BCUT2D eigenvalue weighted by Gasteiger charge is 2.25. The highest BCUT2D eigenvalue weighted by molar-refractivity contribution is 5.91. The van der Waals surface area contributed by atoms with Gasteiger partial charge in [-0.1, -0.05) is 24.3 Å². The molecule has 4 rings (SSSR count). The second kappa shape index (κ2) is 9.83. The molecule has 2 heterocycles. The smallest absolute Gasteiger partial charge is 0.311 e. The monoisotopic (exact) mass is 453 g/mol. The van der Waals surface area contributed by atoms with Gasteiger partial charge in [0.05, 0.1) is 4.92 Å². The molecule has 2 aromatic carbocycles. The predicted molar refractivity (Wildman–Crippen MR) is 118 cm³/mol. The highest BCUT2D eigenvalue weighted by Crippen LogP contribution is 2.28. The van der Waals surface area contributed by atoms with Crippen LogP contribution in [0.2, 0.25) is 0 Å². The molecule has 0 unspecified atom stereocenters. The summed E-state index contributed by atoms with van der Waals surface area (Å²) in [6.07, 6.45) is 0. The molecule has 1 fully saturated rings. The van der Waals surface area contributed by atoms with Crippen molar-refractivity contribution in [3.8, 4) is 5.75 Å². The van der Waals surface area contributed by atoms with Crippen LogP contribution in [0.3, 0.4) is 0 Å². The molecule has 9 heteroatoms. The molecule has 0 radical (unpaired) electrons. The minimum atomic E-state index is -0.495. The van der Waals surface area contributed by atoms with E-state index in [-0.39, 0.29) is 35.5 Å². The number of ether oxygens (including phenoxy) is 1. The third-order valence-electron chi connectivity index (χ3n) is 5.56. The third-order valence-corrected chi connectivity index (χ3v) is 5.56. The number of hydrogen-bond donors (Lipinski definition) is 0. The Morgan fingerprint density at radius 2 is 1.88 bits per heavy atom. The molecule has 0 N–H and O–H groups in total. The summed E-state index contributed by atoms with van der Waals surface area (Å²) in [5.41, 5.74) is 1.28. The van der Waals surface area contributed by atoms with Crippen LogP contribution in [-0.4, -0.2) is 46.8 Å². The second-order valence-electron chi connectivity index (χ2n) is 7.94. The van der Waals surface area contributed by atoms with Crippen LogP contribution < -0.4 is 4.74 Å². The highest BCUT2D eigenvalue weighted by atomic mass is 19.1. The van der Waals surface area contributed by atoms with Crippen LogP contribution in [0, 0.1) is 22.9 Å². The van der Waals surface area contributed by atoms with Crippen molar-refractivity contribution in [2.45, 2.75) is 20.1 Å². The van der Waals surface area contributed by atoms with Crippen molar-refractivity contribution in [3.63, 3.8) is 0 Å². The number of halogens is 1. The van der Waals surface area contributed by atoms with Crippen LogP contribution in [-0.2, 0) is 13.2 Å². The second-order valence-corrected chi connectivity index (χ2v) is 7.94. The van der Waals surface area contributed by atoms with Crippen LogP contribution in [0.15, 0.2) is 59.0 Å². The molecule has 0 atom stereocenters. The molecule has 33 heavy (non-hydrogen) atoms. The van der Waals surface area contributed by atoms with E-state index >= 15 is 0 Å². The van der Waals surface area contributed by atoms with Gasteiger partial charge in [0.25, 0.3) is 5.91 Å². The lowest BCUT2D eigenvalue weighted by molar-refractivity contribution is -0.386. The maximum atomic E-state index is 13.9. The lowest BCUT2D eigenvalue weighted by Gasteiger charge is -2.34. The fraction of sp³-hybridized carbons (Fsp3) is 0.292. The van der Waals surface area contributed by atoms with Crippen molar-refractivity contribution in [2.24, 2.45) is 0 Å². The Bertz CT molecular complexity index is 1150. The molecule has 1 aromatic heterocycles. The maximum Gasteiger partial charge on any atom is 0.311 e. The molecule has 0 saturated carbocycles. The number of amides is 1. The van der Waals surface area contributed by atoms with Gasteiger partial charge >= 0.3 is 5.69 Å². The Balaban J connectivity index is 1.31. The average molecular weight is 453 g/mol. The first-order valence-electron chi connectivity index (χ1n) is 10.6. The van der Waals surface area contributed by atoms with Gasteiger partial charge in [-0.25, -0.2) is 4.39 Å². The summed E-state index contributed by atoms with van der Waals surface area (Å²) < 4.78 is 25.1. The SMILES string of the molecule is Cc1ccc(OCc2ccc(C(=O)N3CCN(Cc4ccccc4F)CC3)o2)c([N+](=O)[O-])c1. The topological polar surface area (TPSA) is 89.1 Å². The van der Waals surface area contributed by atoms with Crippen molar-refractivity contribution in [2.75, 3.05) is 26.2 Å². The van der Waals surface area contributed by atoms with Gasteiger partial charge in [-0.15, -0.1) is 0 Å². The third kappa shape index (κ3) is 5.38. The van der Waals surface area contributed by atoms with Gasteiger partial charge in [0.2, 0.25) is 0 Å². The molecular formula is C24H24FN3O5. The molecule has 1 aliphatic rings. The molecule has 0 aliphatic carbocycles. The molecular weight excluding hydrogens is 429 g/mol. The first kappa shape index (κ1) is 22.5. The zero-order chi connectivity index (χ0) is 23.4. The number of piperazine rings is 1. The Morgan fingerprint density at radius 3 is 2.61 bits per heavy atom. The van der Waals surface area contributed by atoms with E-state index in [9.17, 15) is 19.3 Å². The van der Waals surface area contributed by atoms with E-state index in [4.69, 9.17) is 9.15 Å². The van der Waals surface area contributed by atoms with Crippen molar-refractivity contribution in [1.82, 2.24) is 9.80 Å². The van der Waals surface area contributed by atoms with Crippen molar-refractivity contribution in [1.29, 1.82) is 0 Å².